The Labute approximate surface area is 169 Å². The third-order valence-corrected chi connectivity index (χ3v) is 4.11. The van der Waals surface area contributed by atoms with Gasteiger partial charge in [0.05, 0.1) is 7.11 Å². The number of hydrogen-bond donors (Lipinski definition) is 2. The summed E-state index contributed by atoms with van der Waals surface area (Å²) in [7, 11) is 1.64. The van der Waals surface area contributed by atoms with Crippen LogP contribution in [0.1, 0.15) is 0 Å². The van der Waals surface area contributed by atoms with Crippen molar-refractivity contribution in [3.8, 4) is 17.2 Å². The van der Waals surface area contributed by atoms with Crippen LogP contribution in [0.15, 0.2) is 91.1 Å². The number of nitrogens with zero attached hydrogens (tertiary/aromatic N) is 2. The summed E-state index contributed by atoms with van der Waals surface area (Å²) in [6.45, 7) is 0. The Morgan fingerprint density at radius 3 is 1.97 bits per heavy atom. The molecule has 0 aliphatic rings. The first kappa shape index (κ1) is 18.3. The second-order valence-electron chi connectivity index (χ2n) is 6.18. The zero-order valence-corrected chi connectivity index (χ0v) is 15.9. The first-order chi connectivity index (χ1) is 14.3. The van der Waals surface area contributed by atoms with E-state index < -0.39 is 0 Å². The highest BCUT2D eigenvalue weighted by atomic mass is 16.5. The maximum Gasteiger partial charge on any atom is 0.229 e. The van der Waals surface area contributed by atoms with Gasteiger partial charge in [0, 0.05) is 17.6 Å². The van der Waals surface area contributed by atoms with Gasteiger partial charge in [-0.3, -0.25) is 0 Å². The van der Waals surface area contributed by atoms with E-state index in [1.165, 1.54) is 0 Å². The van der Waals surface area contributed by atoms with Gasteiger partial charge < -0.3 is 20.1 Å². The van der Waals surface area contributed by atoms with Gasteiger partial charge in [-0.25, -0.2) is 4.98 Å². The summed E-state index contributed by atoms with van der Waals surface area (Å²) in [5.74, 6) is 3.56. The molecule has 29 heavy (non-hydrogen) atoms. The first-order valence-electron chi connectivity index (χ1n) is 9.13. The normalized spacial score (nSPS) is 10.2. The van der Waals surface area contributed by atoms with Crippen molar-refractivity contribution in [1.29, 1.82) is 0 Å². The summed E-state index contributed by atoms with van der Waals surface area (Å²) in [5.41, 5.74) is 1.78. The molecule has 0 radical (unpaired) electrons. The molecule has 1 aromatic heterocycles. The molecule has 4 rings (SSSR count). The summed E-state index contributed by atoms with van der Waals surface area (Å²) in [6, 6.07) is 26.8. The van der Waals surface area contributed by atoms with Crippen LogP contribution < -0.4 is 20.1 Å². The van der Waals surface area contributed by atoms with E-state index in [0.717, 1.165) is 28.6 Å². The minimum absolute atomic E-state index is 0.504. The number of hydrogen-bond acceptors (Lipinski definition) is 6. The van der Waals surface area contributed by atoms with Crippen LogP contribution in [0.2, 0.25) is 0 Å². The number of anilines is 4. The van der Waals surface area contributed by atoms with E-state index in [9.17, 15) is 0 Å². The molecule has 0 aliphatic carbocycles. The molecule has 0 amide bonds. The Bertz CT molecular complexity index is 1050. The van der Waals surface area contributed by atoms with E-state index in [2.05, 4.69) is 20.6 Å². The van der Waals surface area contributed by atoms with Crippen LogP contribution in [0, 0.1) is 0 Å². The number of benzene rings is 3. The van der Waals surface area contributed by atoms with E-state index >= 15 is 0 Å². The summed E-state index contributed by atoms with van der Waals surface area (Å²) >= 11 is 0. The predicted molar refractivity (Wildman–Crippen MR) is 115 cm³/mol. The maximum absolute atomic E-state index is 5.81. The third-order valence-electron chi connectivity index (χ3n) is 4.11. The second kappa shape index (κ2) is 8.75. The Balaban J connectivity index is 1.40. The van der Waals surface area contributed by atoms with Crippen LogP contribution in [0.25, 0.3) is 0 Å². The number of ether oxygens (including phenoxy) is 2. The molecule has 0 aliphatic heterocycles. The molecule has 0 spiro atoms. The fourth-order valence-corrected chi connectivity index (χ4v) is 2.67. The maximum atomic E-state index is 5.81. The quantitative estimate of drug-likeness (QED) is 0.422. The van der Waals surface area contributed by atoms with Crippen molar-refractivity contribution in [2.24, 2.45) is 0 Å². The van der Waals surface area contributed by atoms with Crippen LogP contribution >= 0.6 is 0 Å². The molecule has 1 heterocycles. The van der Waals surface area contributed by atoms with Gasteiger partial charge in [-0.1, -0.05) is 18.2 Å². The van der Waals surface area contributed by atoms with E-state index in [1.54, 1.807) is 13.3 Å². The van der Waals surface area contributed by atoms with Crippen molar-refractivity contribution in [2.45, 2.75) is 0 Å². The molecule has 3 aromatic carbocycles. The fourth-order valence-electron chi connectivity index (χ4n) is 2.67. The molecule has 0 bridgehead atoms. The van der Waals surface area contributed by atoms with Gasteiger partial charge in [0.2, 0.25) is 5.95 Å². The standard InChI is InChI=1S/C23H20N4O2/c1-28-19-11-7-18(8-12-19)26-23-24-16-15-22(27-23)25-17-9-13-21(14-10-17)29-20-5-3-2-4-6-20/h2-16H,1H3,(H2,24,25,26,27). The molecule has 0 saturated heterocycles. The van der Waals surface area contributed by atoms with E-state index in [-0.39, 0.29) is 0 Å². The number of para-hydroxylation sites is 1. The Morgan fingerprint density at radius 2 is 1.28 bits per heavy atom. The predicted octanol–water partition coefficient (Wildman–Crippen LogP) is 5.76. The fraction of sp³-hybridized carbons (Fsp3) is 0.0435. The number of nitrogens with one attached hydrogen (secondary N) is 2. The summed E-state index contributed by atoms with van der Waals surface area (Å²) in [4.78, 5) is 8.77. The highest BCUT2D eigenvalue weighted by Crippen LogP contribution is 2.24. The van der Waals surface area contributed by atoms with Gasteiger partial charge in [0.15, 0.2) is 0 Å². The molecule has 0 fully saturated rings. The van der Waals surface area contributed by atoms with Gasteiger partial charge in [0.25, 0.3) is 0 Å². The number of rotatable bonds is 7. The average Bonchev–Trinajstić information content (AvgIpc) is 2.77. The number of aromatic nitrogens is 2. The minimum atomic E-state index is 0.504. The first-order valence-corrected chi connectivity index (χ1v) is 9.13. The molecule has 4 aromatic rings. The highest BCUT2D eigenvalue weighted by Gasteiger charge is 2.03. The lowest BCUT2D eigenvalue weighted by molar-refractivity contribution is 0.415. The Morgan fingerprint density at radius 1 is 0.655 bits per heavy atom. The third kappa shape index (κ3) is 5.01. The van der Waals surface area contributed by atoms with Gasteiger partial charge in [-0.2, -0.15) is 4.98 Å². The Kier molecular flexibility index (Phi) is 5.53. The van der Waals surface area contributed by atoms with Gasteiger partial charge in [-0.15, -0.1) is 0 Å². The van der Waals surface area contributed by atoms with E-state index in [4.69, 9.17) is 9.47 Å². The summed E-state index contributed by atoms with van der Waals surface area (Å²) in [5, 5.41) is 6.45. The highest BCUT2D eigenvalue weighted by molar-refractivity contribution is 5.60. The molecule has 0 saturated carbocycles. The van der Waals surface area contributed by atoms with Gasteiger partial charge in [-0.05, 0) is 66.7 Å². The minimum Gasteiger partial charge on any atom is -0.497 e. The molecule has 6 nitrogen and oxygen atoms in total. The van der Waals surface area contributed by atoms with E-state index in [1.807, 2.05) is 84.9 Å². The van der Waals surface area contributed by atoms with Crippen molar-refractivity contribution in [3.05, 3.63) is 91.1 Å². The summed E-state index contributed by atoms with van der Waals surface area (Å²) in [6.07, 6.45) is 1.70. The average molecular weight is 384 g/mol. The van der Waals surface area contributed by atoms with Crippen LogP contribution in [0.3, 0.4) is 0 Å². The van der Waals surface area contributed by atoms with Crippen LogP contribution in [-0.2, 0) is 0 Å². The van der Waals surface area contributed by atoms with Gasteiger partial charge in [0.1, 0.15) is 23.1 Å². The molecule has 0 atom stereocenters. The molecule has 0 unspecified atom stereocenters. The van der Waals surface area contributed by atoms with Crippen molar-refractivity contribution in [3.63, 3.8) is 0 Å². The molecule has 6 heteroatoms. The smallest absolute Gasteiger partial charge is 0.229 e. The van der Waals surface area contributed by atoms with Crippen molar-refractivity contribution in [2.75, 3.05) is 17.7 Å². The monoisotopic (exact) mass is 384 g/mol. The largest absolute Gasteiger partial charge is 0.497 e. The molecule has 2 N–H and O–H groups in total. The summed E-state index contributed by atoms with van der Waals surface area (Å²) < 4.78 is 11.0. The lowest BCUT2D eigenvalue weighted by Crippen LogP contribution is -2.00. The zero-order chi connectivity index (χ0) is 19.9. The Hall–Kier alpha value is -4.06. The second-order valence-corrected chi connectivity index (χ2v) is 6.18. The zero-order valence-electron chi connectivity index (χ0n) is 15.9. The number of methoxy groups -OCH3 is 1. The lowest BCUT2D eigenvalue weighted by atomic mass is 10.3. The van der Waals surface area contributed by atoms with Crippen molar-refractivity contribution >= 4 is 23.1 Å². The van der Waals surface area contributed by atoms with Crippen molar-refractivity contribution < 1.29 is 9.47 Å². The SMILES string of the molecule is COc1ccc(Nc2nccc(Nc3ccc(Oc4ccccc4)cc3)n2)cc1. The molecular weight excluding hydrogens is 364 g/mol. The van der Waals surface area contributed by atoms with Gasteiger partial charge >= 0.3 is 0 Å². The van der Waals surface area contributed by atoms with Crippen LogP contribution in [0.5, 0.6) is 17.2 Å². The van der Waals surface area contributed by atoms with E-state index in [0.29, 0.717) is 11.8 Å². The molecular formula is C23H20N4O2. The van der Waals surface area contributed by atoms with Crippen LogP contribution in [0.4, 0.5) is 23.1 Å². The lowest BCUT2D eigenvalue weighted by Gasteiger charge is -2.10. The molecule has 144 valence electrons. The topological polar surface area (TPSA) is 68.3 Å². The van der Waals surface area contributed by atoms with Crippen LogP contribution in [-0.4, -0.2) is 17.1 Å². The van der Waals surface area contributed by atoms with Crippen molar-refractivity contribution in [1.82, 2.24) is 9.97 Å².